The van der Waals surface area contributed by atoms with Crippen LogP contribution in [-0.4, -0.2) is 38.0 Å². The second-order valence-corrected chi connectivity index (χ2v) is 5.38. The number of ether oxygens (including phenoxy) is 2. The number of nitrogens with one attached hydrogen (secondary N) is 1. The van der Waals surface area contributed by atoms with Crippen molar-refractivity contribution in [1.82, 2.24) is 5.32 Å². The van der Waals surface area contributed by atoms with Crippen LogP contribution in [0.4, 0.5) is 0 Å². The van der Waals surface area contributed by atoms with Gasteiger partial charge in [0.05, 0.1) is 5.60 Å². The van der Waals surface area contributed by atoms with Gasteiger partial charge in [-0.1, -0.05) is 6.92 Å². The molecule has 1 saturated heterocycles. The molecule has 1 N–H and O–H groups in total. The van der Waals surface area contributed by atoms with Crippen molar-refractivity contribution in [1.29, 1.82) is 0 Å². The van der Waals surface area contributed by atoms with Gasteiger partial charge in [0.2, 0.25) is 0 Å². The van der Waals surface area contributed by atoms with Crippen LogP contribution in [-0.2, 0) is 9.47 Å². The Labute approximate surface area is 105 Å². The summed E-state index contributed by atoms with van der Waals surface area (Å²) >= 11 is 0. The molecule has 2 aliphatic rings. The third-order valence-electron chi connectivity index (χ3n) is 4.05. The molecule has 1 heterocycles. The Balaban J connectivity index is 2.03. The highest BCUT2D eigenvalue weighted by Gasteiger charge is 2.47. The third-order valence-corrected chi connectivity index (χ3v) is 4.05. The first-order valence-corrected chi connectivity index (χ1v) is 7.27. The second kappa shape index (κ2) is 6.17. The summed E-state index contributed by atoms with van der Waals surface area (Å²) in [6.07, 6.45) is 6.05. The van der Waals surface area contributed by atoms with Gasteiger partial charge in [0.25, 0.3) is 0 Å². The summed E-state index contributed by atoms with van der Waals surface area (Å²) in [7, 11) is 0. The summed E-state index contributed by atoms with van der Waals surface area (Å²) in [5, 5.41) is 3.75. The molecular formula is C14H27NO2. The molecule has 0 aromatic heterocycles. The van der Waals surface area contributed by atoms with Crippen LogP contribution in [0, 0.1) is 5.92 Å². The predicted molar refractivity (Wildman–Crippen MR) is 69.2 cm³/mol. The lowest BCUT2D eigenvalue weighted by molar-refractivity contribution is -0.130. The zero-order chi connectivity index (χ0) is 12.1. The molecule has 0 radical (unpaired) electrons. The average molecular weight is 241 g/mol. The number of rotatable bonds is 7. The highest BCUT2D eigenvalue weighted by atomic mass is 16.5. The van der Waals surface area contributed by atoms with Gasteiger partial charge in [0.1, 0.15) is 0 Å². The molecule has 0 spiro atoms. The quantitative estimate of drug-likeness (QED) is 0.742. The van der Waals surface area contributed by atoms with Crippen molar-refractivity contribution in [3.63, 3.8) is 0 Å². The van der Waals surface area contributed by atoms with E-state index >= 15 is 0 Å². The van der Waals surface area contributed by atoms with Crippen LogP contribution in [0.15, 0.2) is 0 Å². The second-order valence-electron chi connectivity index (χ2n) is 5.38. The Morgan fingerprint density at radius 2 is 2.00 bits per heavy atom. The lowest BCUT2D eigenvalue weighted by Crippen LogP contribution is -2.56. The van der Waals surface area contributed by atoms with Crippen molar-refractivity contribution >= 4 is 0 Å². The first kappa shape index (κ1) is 13.3. The lowest BCUT2D eigenvalue weighted by Gasteiger charge is -2.44. The van der Waals surface area contributed by atoms with E-state index in [4.69, 9.17) is 9.47 Å². The SMILES string of the molecule is CCCNC(C1CC1)C1(OCC)CCOCC1. The molecule has 2 rings (SSSR count). The summed E-state index contributed by atoms with van der Waals surface area (Å²) in [5.74, 6) is 0.839. The van der Waals surface area contributed by atoms with Crippen LogP contribution in [0.1, 0.15) is 46.0 Å². The van der Waals surface area contributed by atoms with E-state index in [1.165, 1.54) is 19.3 Å². The predicted octanol–water partition coefficient (Wildman–Crippen LogP) is 2.35. The summed E-state index contributed by atoms with van der Waals surface area (Å²) < 4.78 is 11.7. The fourth-order valence-electron chi connectivity index (χ4n) is 3.06. The van der Waals surface area contributed by atoms with Crippen LogP contribution in [0.5, 0.6) is 0 Å². The molecule has 0 aromatic carbocycles. The van der Waals surface area contributed by atoms with E-state index < -0.39 is 0 Å². The molecule has 1 saturated carbocycles. The normalized spacial score (nSPS) is 25.8. The minimum Gasteiger partial charge on any atom is -0.381 e. The third kappa shape index (κ3) is 3.21. The Kier molecular flexibility index (Phi) is 4.83. The number of hydrogen-bond donors (Lipinski definition) is 1. The molecule has 100 valence electrons. The van der Waals surface area contributed by atoms with Gasteiger partial charge in [0.15, 0.2) is 0 Å². The summed E-state index contributed by atoms with van der Waals surface area (Å²) in [6.45, 7) is 7.98. The molecule has 1 aliphatic heterocycles. The van der Waals surface area contributed by atoms with E-state index in [0.29, 0.717) is 6.04 Å². The molecule has 1 aliphatic carbocycles. The van der Waals surface area contributed by atoms with Gasteiger partial charge in [-0.25, -0.2) is 0 Å². The maximum atomic E-state index is 6.19. The highest BCUT2D eigenvalue weighted by molar-refractivity contribution is 5.02. The maximum absolute atomic E-state index is 6.19. The molecule has 17 heavy (non-hydrogen) atoms. The van der Waals surface area contributed by atoms with E-state index in [2.05, 4.69) is 19.2 Å². The zero-order valence-corrected chi connectivity index (χ0v) is 11.3. The molecule has 3 nitrogen and oxygen atoms in total. The molecule has 0 bridgehead atoms. The van der Waals surface area contributed by atoms with Crippen molar-refractivity contribution in [2.75, 3.05) is 26.4 Å². The Hall–Kier alpha value is -0.120. The van der Waals surface area contributed by atoms with Crippen LogP contribution in [0.3, 0.4) is 0 Å². The van der Waals surface area contributed by atoms with Gasteiger partial charge < -0.3 is 14.8 Å². The van der Waals surface area contributed by atoms with Crippen LogP contribution >= 0.6 is 0 Å². The van der Waals surface area contributed by atoms with Crippen molar-refractivity contribution in [2.24, 2.45) is 5.92 Å². The molecule has 0 aromatic rings. The first-order chi connectivity index (χ1) is 8.32. The van der Waals surface area contributed by atoms with Crippen LogP contribution < -0.4 is 5.32 Å². The summed E-state index contributed by atoms with van der Waals surface area (Å²) in [5.41, 5.74) is 0.0450. The molecular weight excluding hydrogens is 214 g/mol. The minimum absolute atomic E-state index is 0.0450. The monoisotopic (exact) mass is 241 g/mol. The fourth-order valence-corrected chi connectivity index (χ4v) is 3.06. The lowest BCUT2D eigenvalue weighted by atomic mass is 9.83. The molecule has 1 unspecified atom stereocenters. The Morgan fingerprint density at radius 3 is 2.53 bits per heavy atom. The first-order valence-electron chi connectivity index (χ1n) is 7.27. The van der Waals surface area contributed by atoms with Crippen molar-refractivity contribution in [2.45, 2.75) is 57.6 Å². The zero-order valence-electron chi connectivity index (χ0n) is 11.3. The van der Waals surface area contributed by atoms with E-state index in [0.717, 1.165) is 45.1 Å². The van der Waals surface area contributed by atoms with Gasteiger partial charge in [-0.3, -0.25) is 0 Å². The van der Waals surface area contributed by atoms with Crippen LogP contribution in [0.2, 0.25) is 0 Å². The molecule has 2 fully saturated rings. The average Bonchev–Trinajstić information content (AvgIpc) is 3.15. The van der Waals surface area contributed by atoms with E-state index in [9.17, 15) is 0 Å². The highest BCUT2D eigenvalue weighted by Crippen LogP contribution is 2.42. The molecule has 1 atom stereocenters. The van der Waals surface area contributed by atoms with E-state index in [1.807, 2.05) is 0 Å². The van der Waals surface area contributed by atoms with Crippen molar-refractivity contribution < 1.29 is 9.47 Å². The summed E-state index contributed by atoms with van der Waals surface area (Å²) in [6, 6.07) is 0.548. The Bertz CT molecular complexity index is 217. The Morgan fingerprint density at radius 1 is 1.29 bits per heavy atom. The van der Waals surface area contributed by atoms with E-state index in [1.54, 1.807) is 0 Å². The van der Waals surface area contributed by atoms with Gasteiger partial charge in [-0.15, -0.1) is 0 Å². The maximum Gasteiger partial charge on any atom is 0.0881 e. The van der Waals surface area contributed by atoms with E-state index in [-0.39, 0.29) is 5.60 Å². The molecule has 3 heteroatoms. The van der Waals surface area contributed by atoms with Gasteiger partial charge in [-0.2, -0.15) is 0 Å². The van der Waals surface area contributed by atoms with Crippen molar-refractivity contribution in [3.8, 4) is 0 Å². The van der Waals surface area contributed by atoms with Crippen LogP contribution in [0.25, 0.3) is 0 Å². The fraction of sp³-hybridized carbons (Fsp3) is 1.00. The smallest absolute Gasteiger partial charge is 0.0881 e. The standard InChI is InChI=1S/C14H27NO2/c1-3-9-15-13(12-5-6-12)14(17-4-2)7-10-16-11-8-14/h12-13,15H,3-11H2,1-2H3. The largest absolute Gasteiger partial charge is 0.381 e. The minimum atomic E-state index is 0.0450. The van der Waals surface area contributed by atoms with Gasteiger partial charge in [-0.05, 0) is 38.6 Å². The topological polar surface area (TPSA) is 30.5 Å². The van der Waals surface area contributed by atoms with Gasteiger partial charge in [0, 0.05) is 38.7 Å². The number of hydrogen-bond acceptors (Lipinski definition) is 3. The summed E-state index contributed by atoms with van der Waals surface area (Å²) in [4.78, 5) is 0. The van der Waals surface area contributed by atoms with Gasteiger partial charge >= 0.3 is 0 Å². The molecule has 0 amide bonds. The van der Waals surface area contributed by atoms with Crippen molar-refractivity contribution in [3.05, 3.63) is 0 Å².